The summed E-state index contributed by atoms with van der Waals surface area (Å²) in [4.78, 5) is 27.4. The molecule has 0 spiro atoms. The normalized spacial score (nSPS) is 10.7. The Hall–Kier alpha value is -2.65. The Kier molecular flexibility index (Phi) is 7.05. The van der Waals surface area contributed by atoms with Crippen molar-refractivity contribution in [1.82, 2.24) is 19.7 Å². The molecule has 152 valence electrons. The van der Waals surface area contributed by atoms with Gasteiger partial charge in [0, 0.05) is 31.4 Å². The van der Waals surface area contributed by atoms with Crippen LogP contribution in [0, 0.1) is 0 Å². The molecule has 0 aliphatic carbocycles. The first-order valence-corrected chi connectivity index (χ1v) is 11.1. The zero-order chi connectivity index (χ0) is 20.8. The lowest BCUT2D eigenvalue weighted by atomic mass is 10.2. The number of carbonyl (C=O) groups excluding carboxylic acids is 2. The molecule has 2 heterocycles. The number of hydrogen-bond donors (Lipinski definition) is 1. The summed E-state index contributed by atoms with van der Waals surface area (Å²) in [6.45, 7) is 5.24. The van der Waals surface area contributed by atoms with Crippen molar-refractivity contribution in [3.05, 3.63) is 47.3 Å². The van der Waals surface area contributed by atoms with Gasteiger partial charge < -0.3 is 14.8 Å². The molecule has 0 saturated heterocycles. The number of anilines is 1. The van der Waals surface area contributed by atoms with E-state index in [9.17, 15) is 9.59 Å². The van der Waals surface area contributed by atoms with Crippen LogP contribution >= 0.6 is 23.1 Å². The number of benzene rings is 1. The Labute approximate surface area is 178 Å². The van der Waals surface area contributed by atoms with Gasteiger partial charge in [0.2, 0.25) is 5.91 Å². The maximum atomic E-state index is 12.3. The smallest absolute Gasteiger partial charge is 0.253 e. The molecule has 0 saturated carbocycles. The van der Waals surface area contributed by atoms with Gasteiger partial charge >= 0.3 is 0 Å². The average molecular weight is 430 g/mol. The van der Waals surface area contributed by atoms with Crippen LogP contribution in [0.15, 0.2) is 46.9 Å². The van der Waals surface area contributed by atoms with Gasteiger partial charge in [-0.25, -0.2) is 0 Å². The number of rotatable bonds is 8. The molecule has 2 amide bonds. The lowest BCUT2D eigenvalue weighted by molar-refractivity contribution is -0.113. The topological polar surface area (TPSA) is 80.1 Å². The number of amides is 2. The number of aromatic nitrogens is 3. The van der Waals surface area contributed by atoms with Crippen molar-refractivity contribution >= 4 is 40.6 Å². The van der Waals surface area contributed by atoms with Crippen LogP contribution in [-0.2, 0) is 11.8 Å². The fourth-order valence-electron chi connectivity index (χ4n) is 2.78. The summed E-state index contributed by atoms with van der Waals surface area (Å²) in [6.07, 6.45) is 0. The SMILES string of the molecule is CCN(CC)C(=O)c1ccc(NC(=O)CSc2nnc(-c3cccs3)n2C)cc1. The predicted octanol–water partition coefficient (Wildman–Crippen LogP) is 3.76. The lowest BCUT2D eigenvalue weighted by Gasteiger charge is -2.18. The second kappa shape index (κ2) is 9.71. The number of carbonyl (C=O) groups is 2. The highest BCUT2D eigenvalue weighted by Gasteiger charge is 2.15. The number of hydrogen-bond acceptors (Lipinski definition) is 6. The van der Waals surface area contributed by atoms with Crippen molar-refractivity contribution in [1.29, 1.82) is 0 Å². The standard InChI is InChI=1S/C20H23N5O2S2/c1-4-25(5-2)19(27)14-8-10-15(11-9-14)21-17(26)13-29-20-23-22-18(24(20)3)16-7-6-12-28-16/h6-12H,4-5,13H2,1-3H3,(H,21,26). The van der Waals surface area contributed by atoms with E-state index in [1.54, 1.807) is 40.5 Å². The van der Waals surface area contributed by atoms with Crippen molar-refractivity contribution in [2.45, 2.75) is 19.0 Å². The van der Waals surface area contributed by atoms with Gasteiger partial charge in [0.15, 0.2) is 11.0 Å². The zero-order valence-electron chi connectivity index (χ0n) is 16.6. The van der Waals surface area contributed by atoms with Crippen molar-refractivity contribution in [2.75, 3.05) is 24.2 Å². The van der Waals surface area contributed by atoms with E-state index in [0.717, 1.165) is 10.7 Å². The highest BCUT2D eigenvalue weighted by Crippen LogP contribution is 2.26. The van der Waals surface area contributed by atoms with Gasteiger partial charge in [-0.15, -0.1) is 21.5 Å². The summed E-state index contributed by atoms with van der Waals surface area (Å²) in [5, 5.41) is 13.9. The minimum absolute atomic E-state index is 0.00717. The summed E-state index contributed by atoms with van der Waals surface area (Å²) in [5.74, 6) is 0.860. The summed E-state index contributed by atoms with van der Waals surface area (Å²) < 4.78 is 1.89. The Morgan fingerprint density at radius 2 is 1.86 bits per heavy atom. The van der Waals surface area contributed by atoms with Crippen LogP contribution in [0.2, 0.25) is 0 Å². The monoisotopic (exact) mass is 429 g/mol. The predicted molar refractivity (Wildman–Crippen MR) is 117 cm³/mol. The quantitative estimate of drug-likeness (QED) is 0.552. The molecule has 1 N–H and O–H groups in total. The summed E-state index contributed by atoms with van der Waals surface area (Å²) in [5.41, 5.74) is 1.27. The van der Waals surface area contributed by atoms with Crippen molar-refractivity contribution in [3.8, 4) is 10.7 Å². The van der Waals surface area contributed by atoms with Gasteiger partial charge in [0.05, 0.1) is 10.6 Å². The van der Waals surface area contributed by atoms with E-state index < -0.39 is 0 Å². The van der Waals surface area contributed by atoms with E-state index in [1.165, 1.54) is 11.8 Å². The maximum Gasteiger partial charge on any atom is 0.253 e. The van der Waals surface area contributed by atoms with E-state index >= 15 is 0 Å². The van der Waals surface area contributed by atoms with Gasteiger partial charge in [0.25, 0.3) is 5.91 Å². The first kappa shape index (κ1) is 21.1. The number of nitrogens with one attached hydrogen (secondary N) is 1. The molecule has 0 aliphatic rings. The fourth-order valence-corrected chi connectivity index (χ4v) is 4.23. The Balaban J connectivity index is 1.56. The first-order chi connectivity index (χ1) is 14.0. The number of thioether (sulfide) groups is 1. The molecule has 0 aliphatic heterocycles. The van der Waals surface area contributed by atoms with Crippen LogP contribution in [0.3, 0.4) is 0 Å². The molecule has 0 bridgehead atoms. The highest BCUT2D eigenvalue weighted by molar-refractivity contribution is 7.99. The molecule has 0 fully saturated rings. The molecule has 3 rings (SSSR count). The van der Waals surface area contributed by atoms with E-state index in [1.807, 2.05) is 43.0 Å². The summed E-state index contributed by atoms with van der Waals surface area (Å²) in [7, 11) is 1.89. The molecule has 2 aromatic heterocycles. The van der Waals surface area contributed by atoms with Gasteiger partial charge in [-0.3, -0.25) is 9.59 Å². The third-order valence-electron chi connectivity index (χ3n) is 4.38. The van der Waals surface area contributed by atoms with Crippen LogP contribution in [0.1, 0.15) is 24.2 Å². The average Bonchev–Trinajstić information content (AvgIpc) is 3.37. The third-order valence-corrected chi connectivity index (χ3v) is 6.26. The molecular formula is C20H23N5O2S2. The second-order valence-electron chi connectivity index (χ2n) is 6.23. The van der Waals surface area contributed by atoms with Crippen LogP contribution in [-0.4, -0.2) is 50.3 Å². The summed E-state index contributed by atoms with van der Waals surface area (Å²) in [6, 6.07) is 10.9. The minimum Gasteiger partial charge on any atom is -0.339 e. The van der Waals surface area contributed by atoms with E-state index in [2.05, 4.69) is 15.5 Å². The Morgan fingerprint density at radius 3 is 2.48 bits per heavy atom. The Morgan fingerprint density at radius 1 is 1.14 bits per heavy atom. The van der Waals surface area contributed by atoms with Crippen molar-refractivity contribution < 1.29 is 9.59 Å². The van der Waals surface area contributed by atoms with Crippen molar-refractivity contribution in [3.63, 3.8) is 0 Å². The Bertz CT molecular complexity index is 963. The van der Waals surface area contributed by atoms with E-state index in [-0.39, 0.29) is 17.6 Å². The molecule has 0 radical (unpaired) electrons. The molecule has 3 aromatic rings. The van der Waals surface area contributed by atoms with Crippen LogP contribution < -0.4 is 5.32 Å². The maximum absolute atomic E-state index is 12.3. The highest BCUT2D eigenvalue weighted by atomic mass is 32.2. The van der Waals surface area contributed by atoms with Gasteiger partial charge in [-0.1, -0.05) is 17.8 Å². The van der Waals surface area contributed by atoms with Crippen LogP contribution in [0.5, 0.6) is 0 Å². The molecule has 7 nitrogen and oxygen atoms in total. The number of thiophene rings is 1. The van der Waals surface area contributed by atoms with Gasteiger partial charge in [0.1, 0.15) is 0 Å². The molecule has 1 aromatic carbocycles. The largest absolute Gasteiger partial charge is 0.339 e. The second-order valence-corrected chi connectivity index (χ2v) is 8.12. The zero-order valence-corrected chi connectivity index (χ0v) is 18.2. The van der Waals surface area contributed by atoms with Crippen LogP contribution in [0.4, 0.5) is 5.69 Å². The van der Waals surface area contributed by atoms with E-state index in [0.29, 0.717) is 29.5 Å². The van der Waals surface area contributed by atoms with Gasteiger partial charge in [-0.2, -0.15) is 0 Å². The lowest BCUT2D eigenvalue weighted by Crippen LogP contribution is -2.30. The minimum atomic E-state index is -0.140. The molecular weight excluding hydrogens is 406 g/mol. The molecule has 29 heavy (non-hydrogen) atoms. The first-order valence-electron chi connectivity index (χ1n) is 9.28. The van der Waals surface area contributed by atoms with Crippen molar-refractivity contribution in [2.24, 2.45) is 7.05 Å². The number of nitrogens with zero attached hydrogens (tertiary/aromatic N) is 4. The fraction of sp³-hybridized carbons (Fsp3) is 0.300. The molecule has 9 heteroatoms. The molecule has 0 atom stereocenters. The summed E-state index contributed by atoms with van der Waals surface area (Å²) >= 11 is 2.93. The molecule has 0 unspecified atom stereocenters. The van der Waals surface area contributed by atoms with E-state index in [4.69, 9.17) is 0 Å². The van der Waals surface area contributed by atoms with Gasteiger partial charge in [-0.05, 0) is 49.6 Å². The van der Waals surface area contributed by atoms with Crippen LogP contribution in [0.25, 0.3) is 10.7 Å². The third kappa shape index (κ3) is 5.04.